The average Bonchev–Trinajstić information content (AvgIpc) is 2.48. The van der Waals surface area contributed by atoms with E-state index in [9.17, 15) is 4.79 Å². The molecule has 0 fully saturated rings. The Kier molecular flexibility index (Phi) is 4.17. The molecule has 20 heavy (non-hydrogen) atoms. The molecule has 0 aromatic heterocycles. The van der Waals surface area contributed by atoms with Gasteiger partial charge < -0.3 is 4.74 Å². The van der Waals surface area contributed by atoms with E-state index in [-0.39, 0.29) is 11.9 Å². The molecule has 3 rings (SSSR count). The Bertz CT molecular complexity index is 619. The molecule has 0 amide bonds. The number of hydrogen-bond acceptors (Lipinski definition) is 2. The smallest absolute Gasteiger partial charge is 0.165 e. The zero-order valence-corrected chi connectivity index (χ0v) is 13.2. The van der Waals surface area contributed by atoms with Gasteiger partial charge >= 0.3 is 0 Å². The molecule has 1 aliphatic rings. The molecule has 1 heterocycles. The van der Waals surface area contributed by atoms with Crippen molar-refractivity contribution in [3.05, 3.63) is 68.8 Å². The van der Waals surface area contributed by atoms with Crippen molar-refractivity contribution < 1.29 is 9.53 Å². The largest absolute Gasteiger partial charge is 0.373 e. The summed E-state index contributed by atoms with van der Waals surface area (Å²) in [7, 11) is 0. The van der Waals surface area contributed by atoms with Crippen LogP contribution in [0.2, 0.25) is 0 Å². The minimum atomic E-state index is -0.105. The summed E-state index contributed by atoms with van der Waals surface area (Å²) in [5.41, 5.74) is 3.23. The lowest BCUT2D eigenvalue weighted by Gasteiger charge is -2.25. The van der Waals surface area contributed by atoms with Gasteiger partial charge in [0.15, 0.2) is 5.78 Å². The highest BCUT2D eigenvalue weighted by Gasteiger charge is 2.23. The third-order valence-electron chi connectivity index (χ3n) is 3.63. The van der Waals surface area contributed by atoms with E-state index in [1.165, 1.54) is 5.56 Å². The van der Waals surface area contributed by atoms with Crippen LogP contribution in [-0.2, 0) is 11.2 Å². The number of halogens is 1. The fraction of sp³-hybridized carbons (Fsp3) is 0.235. The second kappa shape index (κ2) is 6.06. The minimum Gasteiger partial charge on any atom is -0.373 e. The standard InChI is InChI=1S/C17H15IO2/c18-14-7-5-13(6-8-14)16(19)11-17-15-4-2-1-3-12(15)9-10-20-17/h1-8,17H,9-11H2. The second-order valence-corrected chi connectivity index (χ2v) is 6.19. The van der Waals surface area contributed by atoms with Gasteiger partial charge in [-0.1, -0.05) is 36.4 Å². The molecule has 0 aliphatic carbocycles. The van der Waals surface area contributed by atoms with E-state index in [4.69, 9.17) is 4.74 Å². The number of benzene rings is 2. The van der Waals surface area contributed by atoms with E-state index < -0.39 is 0 Å². The highest BCUT2D eigenvalue weighted by Crippen LogP contribution is 2.30. The van der Waals surface area contributed by atoms with Gasteiger partial charge in [-0.05, 0) is 52.3 Å². The SMILES string of the molecule is O=C(CC1OCCc2ccccc21)c1ccc(I)cc1. The average molecular weight is 378 g/mol. The number of carbonyl (C=O) groups is 1. The Morgan fingerprint density at radius 3 is 2.70 bits per heavy atom. The molecule has 102 valence electrons. The van der Waals surface area contributed by atoms with Crippen LogP contribution in [0.5, 0.6) is 0 Å². The van der Waals surface area contributed by atoms with Crippen molar-refractivity contribution in [3.8, 4) is 0 Å². The molecule has 0 N–H and O–H groups in total. The third kappa shape index (κ3) is 2.94. The van der Waals surface area contributed by atoms with Crippen LogP contribution in [0, 0.1) is 3.57 Å². The van der Waals surface area contributed by atoms with Crippen molar-refractivity contribution in [2.75, 3.05) is 6.61 Å². The van der Waals surface area contributed by atoms with E-state index in [1.54, 1.807) is 0 Å². The van der Waals surface area contributed by atoms with Crippen molar-refractivity contribution in [3.63, 3.8) is 0 Å². The molecule has 2 aromatic carbocycles. The van der Waals surface area contributed by atoms with E-state index in [1.807, 2.05) is 36.4 Å². The number of hydrogen-bond donors (Lipinski definition) is 0. The van der Waals surface area contributed by atoms with Crippen LogP contribution in [0.4, 0.5) is 0 Å². The Labute approximate surface area is 132 Å². The summed E-state index contributed by atoms with van der Waals surface area (Å²) in [5.74, 6) is 0.142. The van der Waals surface area contributed by atoms with Gasteiger partial charge in [-0.3, -0.25) is 4.79 Å². The first-order chi connectivity index (χ1) is 9.74. The quantitative estimate of drug-likeness (QED) is 0.592. The topological polar surface area (TPSA) is 26.3 Å². The van der Waals surface area contributed by atoms with E-state index in [0.29, 0.717) is 13.0 Å². The molecular formula is C17H15IO2. The Morgan fingerprint density at radius 1 is 1.15 bits per heavy atom. The Hall–Kier alpha value is -1.20. The van der Waals surface area contributed by atoms with Crippen LogP contribution in [0.25, 0.3) is 0 Å². The van der Waals surface area contributed by atoms with Crippen LogP contribution in [-0.4, -0.2) is 12.4 Å². The zero-order valence-electron chi connectivity index (χ0n) is 11.0. The van der Waals surface area contributed by atoms with Crippen molar-refractivity contribution in [1.82, 2.24) is 0 Å². The fourth-order valence-electron chi connectivity index (χ4n) is 2.57. The van der Waals surface area contributed by atoms with Gasteiger partial charge in [0, 0.05) is 15.6 Å². The molecule has 0 saturated heterocycles. The van der Waals surface area contributed by atoms with Crippen LogP contribution in [0.3, 0.4) is 0 Å². The van der Waals surface area contributed by atoms with E-state index >= 15 is 0 Å². The second-order valence-electron chi connectivity index (χ2n) is 4.94. The van der Waals surface area contributed by atoms with Gasteiger partial charge in [0.1, 0.15) is 0 Å². The van der Waals surface area contributed by atoms with Gasteiger partial charge in [-0.25, -0.2) is 0 Å². The number of ether oxygens (including phenoxy) is 1. The first kappa shape index (κ1) is 13.8. The van der Waals surface area contributed by atoms with Gasteiger partial charge in [0.25, 0.3) is 0 Å². The van der Waals surface area contributed by atoms with Crippen LogP contribution < -0.4 is 0 Å². The van der Waals surface area contributed by atoms with Gasteiger partial charge in [-0.2, -0.15) is 0 Å². The number of fused-ring (bicyclic) bond motifs is 1. The first-order valence-corrected chi connectivity index (χ1v) is 7.80. The van der Waals surface area contributed by atoms with Crippen LogP contribution in [0.15, 0.2) is 48.5 Å². The van der Waals surface area contributed by atoms with Crippen molar-refractivity contribution in [2.45, 2.75) is 18.9 Å². The summed E-state index contributed by atoms with van der Waals surface area (Å²) >= 11 is 2.24. The summed E-state index contributed by atoms with van der Waals surface area (Å²) < 4.78 is 6.94. The molecule has 2 nitrogen and oxygen atoms in total. The van der Waals surface area contributed by atoms with E-state index in [0.717, 1.165) is 21.1 Å². The summed E-state index contributed by atoms with van der Waals surface area (Å²) in [5, 5.41) is 0. The monoisotopic (exact) mass is 378 g/mol. The van der Waals surface area contributed by atoms with Crippen molar-refractivity contribution >= 4 is 28.4 Å². The first-order valence-electron chi connectivity index (χ1n) is 6.72. The summed E-state index contributed by atoms with van der Waals surface area (Å²) in [6.45, 7) is 0.696. The fourth-order valence-corrected chi connectivity index (χ4v) is 2.93. The molecule has 0 radical (unpaired) electrons. The normalized spacial score (nSPS) is 17.6. The minimum absolute atomic E-state index is 0.105. The molecule has 3 heteroatoms. The number of carbonyl (C=O) groups excluding carboxylic acids is 1. The van der Waals surface area contributed by atoms with Gasteiger partial charge in [0.2, 0.25) is 0 Å². The van der Waals surface area contributed by atoms with E-state index in [2.05, 4.69) is 34.7 Å². The highest BCUT2D eigenvalue weighted by atomic mass is 127. The molecule has 0 saturated carbocycles. The van der Waals surface area contributed by atoms with Crippen LogP contribution in [0.1, 0.15) is 34.0 Å². The molecule has 0 bridgehead atoms. The van der Waals surface area contributed by atoms with Crippen molar-refractivity contribution in [1.29, 1.82) is 0 Å². The maximum Gasteiger partial charge on any atom is 0.165 e. The highest BCUT2D eigenvalue weighted by molar-refractivity contribution is 14.1. The predicted octanol–water partition coefficient (Wildman–Crippen LogP) is 4.18. The molecule has 0 spiro atoms. The maximum absolute atomic E-state index is 12.4. The lowest BCUT2D eigenvalue weighted by Crippen LogP contribution is -2.19. The zero-order chi connectivity index (χ0) is 13.9. The molecule has 1 unspecified atom stereocenters. The third-order valence-corrected chi connectivity index (χ3v) is 4.35. The van der Waals surface area contributed by atoms with Gasteiger partial charge in [-0.15, -0.1) is 0 Å². The number of Topliss-reactive ketones (excluding diaryl/α,β-unsaturated/α-hetero) is 1. The molecule has 2 aromatic rings. The predicted molar refractivity (Wildman–Crippen MR) is 86.9 cm³/mol. The lowest BCUT2D eigenvalue weighted by atomic mass is 9.93. The Morgan fingerprint density at radius 2 is 1.90 bits per heavy atom. The molecule has 1 atom stereocenters. The lowest BCUT2D eigenvalue weighted by molar-refractivity contribution is 0.0352. The maximum atomic E-state index is 12.4. The molecule has 1 aliphatic heterocycles. The summed E-state index contributed by atoms with van der Waals surface area (Å²) in [6.07, 6.45) is 1.24. The summed E-state index contributed by atoms with van der Waals surface area (Å²) in [6, 6.07) is 15.9. The summed E-state index contributed by atoms with van der Waals surface area (Å²) in [4.78, 5) is 12.4. The Balaban J connectivity index is 1.79. The molecular weight excluding hydrogens is 363 g/mol. The van der Waals surface area contributed by atoms with Crippen molar-refractivity contribution in [2.24, 2.45) is 0 Å². The van der Waals surface area contributed by atoms with Crippen LogP contribution >= 0.6 is 22.6 Å². The number of ketones is 1. The number of rotatable bonds is 3. The van der Waals surface area contributed by atoms with Gasteiger partial charge in [0.05, 0.1) is 12.7 Å².